The van der Waals surface area contributed by atoms with Gasteiger partial charge < -0.3 is 23.3 Å². The molecule has 0 aliphatic carbocycles. The summed E-state index contributed by atoms with van der Waals surface area (Å²) in [5.74, 6) is -1.63. The van der Waals surface area contributed by atoms with Crippen molar-refractivity contribution in [2.24, 2.45) is 4.99 Å². The van der Waals surface area contributed by atoms with Crippen molar-refractivity contribution in [1.82, 2.24) is 4.98 Å². The highest BCUT2D eigenvalue weighted by atomic mass is 31.2. The maximum Gasteiger partial charge on any atom is 0.434 e. The van der Waals surface area contributed by atoms with E-state index in [4.69, 9.17) is 23.3 Å². The van der Waals surface area contributed by atoms with Gasteiger partial charge in [-0.1, -0.05) is 12.1 Å². The molecule has 0 fully saturated rings. The average Bonchev–Trinajstić information content (AvgIpc) is 2.86. The Balaban J connectivity index is 2.13. The van der Waals surface area contributed by atoms with Crippen LogP contribution in [0.5, 0.6) is 11.5 Å². The number of pyridine rings is 1. The second kappa shape index (κ2) is 15.3. The molecule has 2 aromatic rings. The van der Waals surface area contributed by atoms with E-state index in [0.717, 1.165) is 0 Å². The predicted molar refractivity (Wildman–Crippen MR) is 144 cm³/mol. The Morgan fingerprint density at radius 1 is 1.00 bits per heavy atom. The largest absolute Gasteiger partial charge is 0.487 e. The monoisotopic (exact) mass is 606 g/mol. The standard InChI is InChI=1S/C27H35F4N2O7P/c1-6-38-41(35,39-7-2)24(28)16-20(33-25(34)40-26(3,4)5)14-19-8-10-22(11-9-19)36-17-21-15-23(12-13-32-21)37-18-27(29,30)31/h8-13,15,24H,6-7,14,16-18H2,1-5H3. The third-order valence-corrected chi connectivity index (χ3v) is 7.02. The predicted octanol–water partition coefficient (Wildman–Crippen LogP) is 7.47. The van der Waals surface area contributed by atoms with E-state index in [1.54, 1.807) is 58.9 Å². The lowest BCUT2D eigenvalue weighted by Crippen LogP contribution is -2.23. The summed E-state index contributed by atoms with van der Waals surface area (Å²) in [7, 11) is -4.11. The van der Waals surface area contributed by atoms with Crippen molar-refractivity contribution >= 4 is 19.4 Å². The van der Waals surface area contributed by atoms with Gasteiger partial charge in [0.1, 0.15) is 23.7 Å². The summed E-state index contributed by atoms with van der Waals surface area (Å²) in [6, 6.07) is 9.20. The number of alkyl halides is 4. The number of rotatable bonds is 14. The van der Waals surface area contributed by atoms with E-state index in [-0.39, 0.29) is 37.7 Å². The minimum atomic E-state index is -4.46. The van der Waals surface area contributed by atoms with E-state index in [9.17, 15) is 22.5 Å². The Hall–Kier alpha value is -3.02. The summed E-state index contributed by atoms with van der Waals surface area (Å²) in [4.78, 5) is 20.4. The molecule has 14 heteroatoms. The van der Waals surface area contributed by atoms with Crippen molar-refractivity contribution in [2.45, 2.75) is 71.8 Å². The van der Waals surface area contributed by atoms with Crippen molar-refractivity contribution in [2.75, 3.05) is 19.8 Å². The number of aliphatic imine (C=N–C) groups is 1. The lowest BCUT2D eigenvalue weighted by Gasteiger charge is -2.22. The van der Waals surface area contributed by atoms with Crippen LogP contribution in [0.2, 0.25) is 0 Å². The lowest BCUT2D eigenvalue weighted by molar-refractivity contribution is -0.153. The molecular weight excluding hydrogens is 571 g/mol. The van der Waals surface area contributed by atoms with Crippen LogP contribution in [0.4, 0.5) is 22.4 Å². The highest BCUT2D eigenvalue weighted by molar-refractivity contribution is 7.54. The zero-order valence-corrected chi connectivity index (χ0v) is 24.5. The zero-order chi connectivity index (χ0) is 30.7. The zero-order valence-electron chi connectivity index (χ0n) is 23.6. The van der Waals surface area contributed by atoms with Gasteiger partial charge in [0.25, 0.3) is 0 Å². The topological polar surface area (TPSA) is 106 Å². The fraction of sp³-hybridized carbons (Fsp3) is 0.519. The number of benzene rings is 1. The molecule has 228 valence electrons. The molecule has 9 nitrogen and oxygen atoms in total. The molecule has 0 spiro atoms. The van der Waals surface area contributed by atoms with Gasteiger partial charge in [-0.05, 0) is 58.4 Å². The van der Waals surface area contributed by atoms with Crippen LogP contribution < -0.4 is 9.47 Å². The second-order valence-corrected chi connectivity index (χ2v) is 11.8. The summed E-state index contributed by atoms with van der Waals surface area (Å²) >= 11 is 0. The number of ether oxygens (including phenoxy) is 3. The van der Waals surface area contributed by atoms with Crippen LogP contribution >= 0.6 is 7.60 Å². The molecule has 0 aliphatic rings. The molecule has 0 N–H and O–H groups in total. The highest BCUT2D eigenvalue weighted by Gasteiger charge is 2.37. The minimum Gasteiger partial charge on any atom is -0.487 e. The van der Waals surface area contributed by atoms with Gasteiger partial charge in [0.05, 0.1) is 18.9 Å². The Bertz CT molecular complexity index is 1190. The van der Waals surface area contributed by atoms with E-state index in [0.29, 0.717) is 17.0 Å². The van der Waals surface area contributed by atoms with Crippen LogP contribution in [-0.4, -0.2) is 54.3 Å². The summed E-state index contributed by atoms with van der Waals surface area (Å²) < 4.78 is 91.0. The lowest BCUT2D eigenvalue weighted by atomic mass is 10.1. The molecule has 0 aliphatic heterocycles. The van der Waals surface area contributed by atoms with Gasteiger partial charge in [-0.15, -0.1) is 0 Å². The van der Waals surface area contributed by atoms with Gasteiger partial charge in [0, 0.05) is 30.8 Å². The van der Waals surface area contributed by atoms with E-state index in [1.807, 2.05) is 0 Å². The summed E-state index contributed by atoms with van der Waals surface area (Å²) in [6.07, 6.45) is -4.54. The molecule has 1 aromatic carbocycles. The number of halogens is 4. The molecule has 41 heavy (non-hydrogen) atoms. The molecular formula is C27H35F4N2O7P. The molecule has 0 saturated heterocycles. The van der Waals surface area contributed by atoms with Crippen LogP contribution in [-0.2, 0) is 31.4 Å². The van der Waals surface area contributed by atoms with Crippen molar-refractivity contribution in [3.05, 3.63) is 53.9 Å². The summed E-state index contributed by atoms with van der Waals surface area (Å²) in [5, 5.41) is 0. The molecule has 1 atom stereocenters. The quantitative estimate of drug-likeness (QED) is 0.124. The normalized spacial score (nSPS) is 13.5. The molecule has 1 amide bonds. The maximum absolute atomic E-state index is 15.2. The number of aromatic nitrogens is 1. The maximum atomic E-state index is 15.2. The van der Waals surface area contributed by atoms with Gasteiger partial charge in [0.15, 0.2) is 6.61 Å². The van der Waals surface area contributed by atoms with Crippen LogP contribution in [0, 0.1) is 0 Å². The summed E-state index contributed by atoms with van der Waals surface area (Å²) in [6.45, 7) is 6.59. The van der Waals surface area contributed by atoms with Crippen LogP contribution in [0.3, 0.4) is 0 Å². The Labute approximate surface area is 236 Å². The smallest absolute Gasteiger partial charge is 0.434 e. The van der Waals surface area contributed by atoms with Crippen molar-refractivity contribution < 1.29 is 50.2 Å². The molecule has 0 saturated carbocycles. The Kier molecular flexibility index (Phi) is 12.7. The third-order valence-electron chi connectivity index (χ3n) is 4.92. The Morgan fingerprint density at radius 2 is 1.63 bits per heavy atom. The first-order valence-corrected chi connectivity index (χ1v) is 14.4. The van der Waals surface area contributed by atoms with Gasteiger partial charge in [-0.25, -0.2) is 9.18 Å². The van der Waals surface area contributed by atoms with Crippen molar-refractivity contribution in [3.8, 4) is 11.5 Å². The van der Waals surface area contributed by atoms with Crippen molar-refractivity contribution in [3.63, 3.8) is 0 Å². The average molecular weight is 607 g/mol. The fourth-order valence-electron chi connectivity index (χ4n) is 3.32. The van der Waals surface area contributed by atoms with E-state index in [1.165, 1.54) is 18.3 Å². The molecule has 0 radical (unpaired) electrons. The number of hydrogen-bond donors (Lipinski definition) is 0. The second-order valence-electron chi connectivity index (χ2n) is 9.67. The van der Waals surface area contributed by atoms with Gasteiger partial charge in [0.2, 0.25) is 5.91 Å². The first-order chi connectivity index (χ1) is 19.1. The SMILES string of the molecule is CCOP(=O)(OCC)C(F)CC(Cc1ccc(OCc2cc(OCC(F)(F)F)ccn2)cc1)=NC(=O)OC(C)(C)C. The van der Waals surface area contributed by atoms with Gasteiger partial charge in [-0.2, -0.15) is 18.2 Å². The number of hydrogen-bond acceptors (Lipinski definition) is 8. The molecule has 1 aromatic heterocycles. The van der Waals surface area contributed by atoms with E-state index in [2.05, 4.69) is 9.98 Å². The number of amides is 1. The Morgan fingerprint density at radius 3 is 2.20 bits per heavy atom. The third kappa shape index (κ3) is 13.0. The molecule has 2 rings (SSSR count). The fourth-order valence-corrected chi connectivity index (χ4v) is 4.87. The molecule has 0 bridgehead atoms. The number of nitrogens with zero attached hydrogens (tertiary/aromatic N) is 2. The van der Waals surface area contributed by atoms with E-state index >= 15 is 4.39 Å². The number of carbonyl (C=O) groups excluding carboxylic acids is 1. The van der Waals surface area contributed by atoms with Crippen molar-refractivity contribution in [1.29, 1.82) is 0 Å². The van der Waals surface area contributed by atoms with Gasteiger partial charge >= 0.3 is 19.9 Å². The first-order valence-electron chi connectivity index (χ1n) is 12.8. The van der Waals surface area contributed by atoms with Gasteiger partial charge in [-0.3, -0.25) is 9.55 Å². The first kappa shape index (κ1) is 34.2. The number of carbonyl (C=O) groups is 1. The molecule has 1 unspecified atom stereocenters. The molecule has 1 heterocycles. The van der Waals surface area contributed by atoms with Crippen LogP contribution in [0.25, 0.3) is 0 Å². The summed E-state index contributed by atoms with van der Waals surface area (Å²) in [5.41, 5.74) is 0.225. The van der Waals surface area contributed by atoms with E-state index < -0.39 is 44.4 Å². The highest BCUT2D eigenvalue weighted by Crippen LogP contribution is 2.55. The minimum absolute atomic E-state index is 0.00691. The van der Waals surface area contributed by atoms with Crippen LogP contribution in [0.15, 0.2) is 47.6 Å². The van der Waals surface area contributed by atoms with Crippen LogP contribution in [0.1, 0.15) is 52.3 Å².